The highest BCUT2D eigenvalue weighted by Gasteiger charge is 2.36. The molecule has 2 rings (SSSR count). The second-order valence-electron chi connectivity index (χ2n) is 7.00. The van der Waals surface area contributed by atoms with Crippen LogP contribution < -0.4 is 10.2 Å². The molecule has 1 amide bonds. The molecule has 0 spiro atoms. The molecular formula is C15H25FN4O2S. The van der Waals surface area contributed by atoms with Gasteiger partial charge in [0.2, 0.25) is 11.0 Å². The Labute approximate surface area is 140 Å². The lowest BCUT2D eigenvalue weighted by Gasteiger charge is -2.36. The molecule has 0 atom stereocenters. The molecule has 1 aromatic rings. The van der Waals surface area contributed by atoms with E-state index in [0.717, 1.165) is 5.13 Å². The number of carbonyl (C=O) groups excluding carboxylic acids is 1. The van der Waals surface area contributed by atoms with Crippen LogP contribution in [0.15, 0.2) is 0 Å². The zero-order chi connectivity index (χ0) is 17.1. The van der Waals surface area contributed by atoms with Gasteiger partial charge in [-0.3, -0.25) is 4.79 Å². The number of methoxy groups -OCH3 is 1. The average Bonchev–Trinajstić information content (AvgIpc) is 2.94. The molecule has 0 aromatic carbocycles. The van der Waals surface area contributed by atoms with Gasteiger partial charge < -0.3 is 15.0 Å². The summed E-state index contributed by atoms with van der Waals surface area (Å²) in [7, 11) is 1.60. The fourth-order valence-electron chi connectivity index (χ4n) is 2.34. The maximum absolute atomic E-state index is 14.8. The lowest BCUT2D eigenvalue weighted by molar-refractivity contribution is -0.129. The van der Waals surface area contributed by atoms with Crippen LogP contribution in [0.1, 0.15) is 39.4 Å². The first-order valence-electron chi connectivity index (χ1n) is 7.77. The molecule has 23 heavy (non-hydrogen) atoms. The van der Waals surface area contributed by atoms with E-state index in [4.69, 9.17) is 4.74 Å². The van der Waals surface area contributed by atoms with Gasteiger partial charge in [-0.25, -0.2) is 9.37 Å². The van der Waals surface area contributed by atoms with Gasteiger partial charge in [0.15, 0.2) is 5.82 Å². The van der Waals surface area contributed by atoms with Crippen molar-refractivity contribution in [1.29, 1.82) is 0 Å². The van der Waals surface area contributed by atoms with Gasteiger partial charge in [0.1, 0.15) is 12.3 Å². The molecule has 0 bridgehead atoms. The Kier molecular flexibility index (Phi) is 5.57. The number of nitrogens with zero attached hydrogens (tertiary/aromatic N) is 3. The van der Waals surface area contributed by atoms with Gasteiger partial charge in [-0.1, -0.05) is 20.8 Å². The molecule has 1 aliphatic heterocycles. The number of amides is 1. The third-order valence-corrected chi connectivity index (χ3v) is 4.72. The van der Waals surface area contributed by atoms with E-state index in [9.17, 15) is 9.18 Å². The van der Waals surface area contributed by atoms with E-state index < -0.39 is 11.1 Å². The van der Waals surface area contributed by atoms with Crippen molar-refractivity contribution in [1.82, 2.24) is 14.7 Å². The largest absolute Gasteiger partial charge is 0.377 e. The van der Waals surface area contributed by atoms with Gasteiger partial charge >= 0.3 is 0 Å². The SMILES string of the molecule is COCc1nsc(N2CCC(F)(CNC(=O)C(C)(C)C)CC2)n1. The maximum atomic E-state index is 14.8. The normalized spacial score (nSPS) is 18.0. The Morgan fingerprint density at radius 3 is 2.65 bits per heavy atom. The van der Waals surface area contributed by atoms with E-state index >= 15 is 0 Å². The lowest BCUT2D eigenvalue weighted by Crippen LogP contribution is -2.50. The Balaban J connectivity index is 1.85. The number of anilines is 1. The summed E-state index contributed by atoms with van der Waals surface area (Å²) in [5, 5.41) is 3.54. The molecule has 1 aromatic heterocycles. The van der Waals surface area contributed by atoms with Crippen molar-refractivity contribution in [2.75, 3.05) is 31.6 Å². The number of alkyl halides is 1. The third kappa shape index (κ3) is 4.84. The van der Waals surface area contributed by atoms with Gasteiger partial charge in [-0.15, -0.1) is 0 Å². The number of nitrogens with one attached hydrogen (secondary N) is 1. The summed E-state index contributed by atoms with van der Waals surface area (Å²) in [4.78, 5) is 18.3. The van der Waals surface area contributed by atoms with Crippen molar-refractivity contribution >= 4 is 22.6 Å². The van der Waals surface area contributed by atoms with Crippen LogP contribution in [0.25, 0.3) is 0 Å². The van der Waals surface area contributed by atoms with Gasteiger partial charge in [-0.2, -0.15) is 4.37 Å². The molecule has 6 nitrogen and oxygen atoms in total. The Morgan fingerprint density at radius 1 is 1.43 bits per heavy atom. The first-order chi connectivity index (χ1) is 10.7. The van der Waals surface area contributed by atoms with E-state index in [1.54, 1.807) is 7.11 Å². The summed E-state index contributed by atoms with van der Waals surface area (Å²) in [5.74, 6) is 0.535. The summed E-state index contributed by atoms with van der Waals surface area (Å²) in [6, 6.07) is 0. The number of piperidine rings is 1. The Hall–Kier alpha value is -1.28. The maximum Gasteiger partial charge on any atom is 0.225 e. The van der Waals surface area contributed by atoms with E-state index in [1.165, 1.54) is 11.5 Å². The molecule has 0 aliphatic carbocycles. The minimum absolute atomic E-state index is 0.0714. The van der Waals surface area contributed by atoms with Crippen molar-refractivity contribution in [2.24, 2.45) is 5.41 Å². The van der Waals surface area contributed by atoms with Crippen molar-refractivity contribution in [3.63, 3.8) is 0 Å². The van der Waals surface area contributed by atoms with Crippen LogP contribution in [-0.2, 0) is 16.1 Å². The zero-order valence-electron chi connectivity index (χ0n) is 14.2. The van der Waals surface area contributed by atoms with E-state index in [-0.39, 0.29) is 12.5 Å². The van der Waals surface area contributed by atoms with E-state index in [0.29, 0.717) is 38.4 Å². The number of halogens is 1. The highest BCUT2D eigenvalue weighted by molar-refractivity contribution is 7.09. The second-order valence-corrected chi connectivity index (χ2v) is 7.73. The van der Waals surface area contributed by atoms with Gasteiger partial charge in [0.25, 0.3) is 0 Å². The minimum atomic E-state index is -1.35. The topological polar surface area (TPSA) is 67.3 Å². The fraction of sp³-hybridized carbons (Fsp3) is 0.800. The molecular weight excluding hydrogens is 319 g/mol. The van der Waals surface area contributed by atoms with Crippen LogP contribution in [0, 0.1) is 5.41 Å². The standard InChI is InChI=1S/C15H25FN4O2S/c1-14(2,3)12(21)17-10-15(16)5-7-20(8-6-15)13-18-11(9-22-4)19-23-13/h5-10H2,1-4H3,(H,17,21). The highest BCUT2D eigenvalue weighted by atomic mass is 32.1. The van der Waals surface area contributed by atoms with Crippen LogP contribution in [0.3, 0.4) is 0 Å². The Bertz CT molecular complexity index is 536. The number of ether oxygens (including phenoxy) is 1. The van der Waals surface area contributed by atoms with Crippen molar-refractivity contribution < 1.29 is 13.9 Å². The monoisotopic (exact) mass is 344 g/mol. The molecule has 0 unspecified atom stereocenters. The Morgan fingerprint density at radius 2 is 2.09 bits per heavy atom. The molecule has 8 heteroatoms. The third-order valence-electron chi connectivity index (χ3n) is 3.91. The van der Waals surface area contributed by atoms with Gasteiger partial charge in [0, 0.05) is 50.0 Å². The lowest BCUT2D eigenvalue weighted by atomic mass is 9.91. The molecule has 1 N–H and O–H groups in total. The first kappa shape index (κ1) is 18.1. The van der Waals surface area contributed by atoms with Crippen LogP contribution >= 0.6 is 11.5 Å². The molecule has 1 saturated heterocycles. The molecule has 0 radical (unpaired) electrons. The van der Waals surface area contributed by atoms with Gasteiger partial charge in [0.05, 0.1) is 6.54 Å². The van der Waals surface area contributed by atoms with E-state index in [1.807, 2.05) is 25.7 Å². The van der Waals surface area contributed by atoms with Crippen LogP contribution in [0.5, 0.6) is 0 Å². The molecule has 130 valence electrons. The molecule has 1 fully saturated rings. The number of aromatic nitrogens is 2. The number of hydrogen-bond acceptors (Lipinski definition) is 6. The second kappa shape index (κ2) is 7.09. The summed E-state index contributed by atoms with van der Waals surface area (Å²) < 4.78 is 24.1. The predicted molar refractivity (Wildman–Crippen MR) is 88.4 cm³/mol. The van der Waals surface area contributed by atoms with Crippen molar-refractivity contribution in [2.45, 2.75) is 45.9 Å². The van der Waals surface area contributed by atoms with Crippen molar-refractivity contribution in [3.05, 3.63) is 5.82 Å². The number of rotatable bonds is 5. The first-order valence-corrected chi connectivity index (χ1v) is 8.54. The fourth-order valence-corrected chi connectivity index (χ4v) is 3.07. The van der Waals surface area contributed by atoms with Crippen LogP contribution in [0.2, 0.25) is 0 Å². The predicted octanol–water partition coefficient (Wildman–Crippen LogP) is 2.16. The van der Waals surface area contributed by atoms with Gasteiger partial charge in [-0.05, 0) is 0 Å². The van der Waals surface area contributed by atoms with Crippen LogP contribution in [0.4, 0.5) is 9.52 Å². The summed E-state index contributed by atoms with van der Waals surface area (Å²) in [6.07, 6.45) is 0.743. The molecule has 0 saturated carbocycles. The zero-order valence-corrected chi connectivity index (χ0v) is 15.0. The number of carbonyl (C=O) groups is 1. The smallest absolute Gasteiger partial charge is 0.225 e. The van der Waals surface area contributed by atoms with Crippen molar-refractivity contribution in [3.8, 4) is 0 Å². The van der Waals surface area contributed by atoms with E-state index in [2.05, 4.69) is 14.7 Å². The summed E-state index contributed by atoms with van der Waals surface area (Å²) >= 11 is 1.31. The summed E-state index contributed by atoms with van der Waals surface area (Å²) in [5.41, 5.74) is -1.85. The summed E-state index contributed by atoms with van der Waals surface area (Å²) in [6.45, 7) is 7.07. The number of hydrogen-bond donors (Lipinski definition) is 1. The molecule has 2 heterocycles. The molecule has 1 aliphatic rings. The van der Waals surface area contributed by atoms with Crippen LogP contribution in [-0.4, -0.2) is 47.7 Å². The quantitative estimate of drug-likeness (QED) is 0.886. The highest BCUT2D eigenvalue weighted by Crippen LogP contribution is 2.30. The minimum Gasteiger partial charge on any atom is -0.377 e. The average molecular weight is 344 g/mol.